The molecule has 1 unspecified atom stereocenters. The lowest BCUT2D eigenvalue weighted by molar-refractivity contribution is 0.0942. The minimum absolute atomic E-state index is 0.00140. The van der Waals surface area contributed by atoms with Gasteiger partial charge >= 0.3 is 0 Å². The van der Waals surface area contributed by atoms with Crippen molar-refractivity contribution in [3.05, 3.63) is 17.8 Å². The van der Waals surface area contributed by atoms with Crippen molar-refractivity contribution >= 4 is 21.6 Å². The van der Waals surface area contributed by atoms with Crippen molar-refractivity contribution in [2.75, 3.05) is 30.4 Å². The third kappa shape index (κ3) is 3.63. The van der Waals surface area contributed by atoms with E-state index in [1.807, 2.05) is 0 Å². The SMILES string of the molecule is CNc1ccc(C(=O)NCC2CCS(=O)(=O)C2)nn1. The van der Waals surface area contributed by atoms with Crippen LogP contribution in [0.5, 0.6) is 0 Å². The van der Waals surface area contributed by atoms with Crippen molar-refractivity contribution in [3.63, 3.8) is 0 Å². The summed E-state index contributed by atoms with van der Waals surface area (Å²) in [7, 11) is -1.19. The average Bonchev–Trinajstić information content (AvgIpc) is 2.76. The van der Waals surface area contributed by atoms with E-state index in [-0.39, 0.29) is 29.0 Å². The van der Waals surface area contributed by atoms with Crippen LogP contribution in [0.1, 0.15) is 16.9 Å². The minimum Gasteiger partial charge on any atom is -0.372 e. The maximum absolute atomic E-state index is 11.8. The lowest BCUT2D eigenvalue weighted by Gasteiger charge is -2.09. The zero-order valence-electron chi connectivity index (χ0n) is 10.6. The van der Waals surface area contributed by atoms with Gasteiger partial charge in [0.2, 0.25) is 0 Å². The van der Waals surface area contributed by atoms with Crippen LogP contribution >= 0.6 is 0 Å². The predicted molar refractivity (Wildman–Crippen MR) is 70.7 cm³/mol. The van der Waals surface area contributed by atoms with Gasteiger partial charge in [-0.25, -0.2) is 8.42 Å². The molecule has 2 rings (SSSR count). The van der Waals surface area contributed by atoms with Gasteiger partial charge in [0.15, 0.2) is 15.5 Å². The molecule has 1 saturated heterocycles. The molecule has 104 valence electrons. The fourth-order valence-corrected chi connectivity index (χ4v) is 3.81. The Kier molecular flexibility index (Phi) is 3.98. The second-order valence-electron chi connectivity index (χ2n) is 4.53. The van der Waals surface area contributed by atoms with Crippen molar-refractivity contribution in [1.29, 1.82) is 0 Å². The molecule has 1 aromatic heterocycles. The number of nitrogens with zero attached hydrogens (tertiary/aromatic N) is 2. The summed E-state index contributed by atoms with van der Waals surface area (Å²) in [6.45, 7) is 0.355. The van der Waals surface area contributed by atoms with Gasteiger partial charge in [0.1, 0.15) is 5.82 Å². The lowest BCUT2D eigenvalue weighted by Crippen LogP contribution is -2.30. The van der Waals surface area contributed by atoms with E-state index in [4.69, 9.17) is 0 Å². The van der Waals surface area contributed by atoms with E-state index in [2.05, 4.69) is 20.8 Å². The normalized spacial score (nSPS) is 21.0. The second-order valence-corrected chi connectivity index (χ2v) is 6.76. The monoisotopic (exact) mass is 284 g/mol. The summed E-state index contributed by atoms with van der Waals surface area (Å²) in [4.78, 5) is 11.8. The Morgan fingerprint density at radius 2 is 2.21 bits per heavy atom. The average molecular weight is 284 g/mol. The molecule has 2 heterocycles. The van der Waals surface area contributed by atoms with Crippen LogP contribution in [0, 0.1) is 5.92 Å². The number of nitrogens with one attached hydrogen (secondary N) is 2. The van der Waals surface area contributed by atoms with Gasteiger partial charge in [-0.1, -0.05) is 0 Å². The Hall–Kier alpha value is -1.70. The molecule has 1 amide bonds. The number of hydrogen-bond acceptors (Lipinski definition) is 6. The summed E-state index contributed by atoms with van der Waals surface area (Å²) < 4.78 is 22.6. The highest BCUT2D eigenvalue weighted by Crippen LogP contribution is 2.17. The number of carbonyl (C=O) groups is 1. The number of aromatic nitrogens is 2. The summed E-state index contributed by atoms with van der Waals surface area (Å²) in [5.74, 6) is 0.610. The van der Waals surface area contributed by atoms with Gasteiger partial charge in [-0.2, -0.15) is 0 Å². The van der Waals surface area contributed by atoms with Gasteiger partial charge in [-0.15, -0.1) is 10.2 Å². The molecule has 1 atom stereocenters. The van der Waals surface area contributed by atoms with E-state index in [0.29, 0.717) is 18.8 Å². The molecule has 0 aliphatic carbocycles. The Labute approximate surface area is 111 Å². The first-order valence-electron chi connectivity index (χ1n) is 6.00. The number of carbonyl (C=O) groups excluding carboxylic acids is 1. The first-order chi connectivity index (χ1) is 9.00. The Balaban J connectivity index is 1.87. The molecule has 2 N–H and O–H groups in total. The third-order valence-corrected chi connectivity index (χ3v) is 4.87. The maximum Gasteiger partial charge on any atom is 0.271 e. The highest BCUT2D eigenvalue weighted by molar-refractivity contribution is 7.91. The molecule has 1 aliphatic heterocycles. The third-order valence-electron chi connectivity index (χ3n) is 3.03. The molecule has 0 bridgehead atoms. The molecule has 7 nitrogen and oxygen atoms in total. The van der Waals surface area contributed by atoms with Gasteiger partial charge in [0.05, 0.1) is 11.5 Å². The van der Waals surface area contributed by atoms with Crippen molar-refractivity contribution in [1.82, 2.24) is 15.5 Å². The number of amides is 1. The lowest BCUT2D eigenvalue weighted by atomic mass is 10.1. The van der Waals surface area contributed by atoms with Crippen LogP contribution in [-0.4, -0.2) is 49.6 Å². The second kappa shape index (κ2) is 5.52. The summed E-state index contributed by atoms with van der Waals surface area (Å²) in [6, 6.07) is 3.22. The quantitative estimate of drug-likeness (QED) is 0.786. The van der Waals surface area contributed by atoms with Crippen molar-refractivity contribution in [2.24, 2.45) is 5.92 Å². The molecule has 1 aliphatic rings. The van der Waals surface area contributed by atoms with Crippen LogP contribution in [0.3, 0.4) is 0 Å². The van der Waals surface area contributed by atoms with Crippen LogP contribution < -0.4 is 10.6 Å². The standard InChI is InChI=1S/C11H16N4O3S/c1-12-10-3-2-9(14-15-10)11(16)13-6-8-4-5-19(17,18)7-8/h2-3,8H,4-7H2,1H3,(H,12,15)(H,13,16). The highest BCUT2D eigenvalue weighted by atomic mass is 32.2. The summed E-state index contributed by atoms with van der Waals surface area (Å²) in [6.07, 6.45) is 0.604. The van der Waals surface area contributed by atoms with E-state index in [1.165, 1.54) is 0 Å². The Morgan fingerprint density at radius 1 is 1.42 bits per heavy atom. The summed E-state index contributed by atoms with van der Waals surface area (Å²) >= 11 is 0. The minimum atomic E-state index is -2.90. The van der Waals surface area contributed by atoms with Crippen LogP contribution in [0.15, 0.2) is 12.1 Å². The van der Waals surface area contributed by atoms with Crippen molar-refractivity contribution in [2.45, 2.75) is 6.42 Å². The van der Waals surface area contributed by atoms with Crippen LogP contribution in [0.25, 0.3) is 0 Å². The topological polar surface area (TPSA) is 101 Å². The van der Waals surface area contributed by atoms with Gasteiger partial charge < -0.3 is 10.6 Å². The maximum atomic E-state index is 11.8. The largest absolute Gasteiger partial charge is 0.372 e. The predicted octanol–water partition coefficient (Wildman–Crippen LogP) is -0.317. The molecule has 0 radical (unpaired) electrons. The fraction of sp³-hybridized carbons (Fsp3) is 0.545. The Morgan fingerprint density at radius 3 is 2.74 bits per heavy atom. The molecule has 8 heteroatoms. The van der Waals surface area contributed by atoms with E-state index in [1.54, 1.807) is 19.2 Å². The molecule has 0 aromatic carbocycles. The number of hydrogen-bond donors (Lipinski definition) is 2. The van der Waals surface area contributed by atoms with Gasteiger partial charge in [-0.05, 0) is 24.5 Å². The highest BCUT2D eigenvalue weighted by Gasteiger charge is 2.28. The van der Waals surface area contributed by atoms with E-state index in [9.17, 15) is 13.2 Å². The van der Waals surface area contributed by atoms with Gasteiger partial charge in [-0.3, -0.25) is 4.79 Å². The smallest absolute Gasteiger partial charge is 0.271 e. The van der Waals surface area contributed by atoms with Gasteiger partial charge in [0, 0.05) is 13.6 Å². The van der Waals surface area contributed by atoms with E-state index >= 15 is 0 Å². The first-order valence-corrected chi connectivity index (χ1v) is 7.82. The first kappa shape index (κ1) is 13.7. The number of rotatable bonds is 4. The Bertz CT molecular complexity index is 556. The molecular weight excluding hydrogens is 268 g/mol. The molecule has 1 fully saturated rings. The molecule has 0 spiro atoms. The summed E-state index contributed by atoms with van der Waals surface area (Å²) in [5.41, 5.74) is 0.222. The van der Waals surface area contributed by atoms with Crippen molar-refractivity contribution in [3.8, 4) is 0 Å². The zero-order chi connectivity index (χ0) is 13.9. The fourth-order valence-electron chi connectivity index (χ4n) is 1.95. The summed E-state index contributed by atoms with van der Waals surface area (Å²) in [5, 5.41) is 13.1. The van der Waals surface area contributed by atoms with Crippen LogP contribution in [0.2, 0.25) is 0 Å². The number of anilines is 1. The van der Waals surface area contributed by atoms with Crippen molar-refractivity contribution < 1.29 is 13.2 Å². The van der Waals surface area contributed by atoms with Crippen LogP contribution in [0.4, 0.5) is 5.82 Å². The molecule has 0 saturated carbocycles. The van der Waals surface area contributed by atoms with Crippen LogP contribution in [-0.2, 0) is 9.84 Å². The van der Waals surface area contributed by atoms with E-state index in [0.717, 1.165) is 0 Å². The van der Waals surface area contributed by atoms with E-state index < -0.39 is 9.84 Å². The molecular formula is C11H16N4O3S. The number of sulfone groups is 1. The zero-order valence-corrected chi connectivity index (χ0v) is 11.4. The molecule has 19 heavy (non-hydrogen) atoms. The molecule has 1 aromatic rings. The van der Waals surface area contributed by atoms with Gasteiger partial charge in [0.25, 0.3) is 5.91 Å².